The van der Waals surface area contributed by atoms with Gasteiger partial charge in [-0.2, -0.15) is 0 Å². The van der Waals surface area contributed by atoms with Crippen molar-refractivity contribution in [2.45, 2.75) is 44.2 Å². The van der Waals surface area contributed by atoms with E-state index in [1.807, 2.05) is 12.1 Å². The summed E-state index contributed by atoms with van der Waals surface area (Å²) in [5, 5.41) is 1.09. The van der Waals surface area contributed by atoms with E-state index in [0.717, 1.165) is 37.2 Å². The van der Waals surface area contributed by atoms with Crippen LogP contribution in [-0.4, -0.2) is 12.7 Å². The minimum atomic E-state index is -0.279. The third-order valence-electron chi connectivity index (χ3n) is 4.50. The zero-order chi connectivity index (χ0) is 14.8. The number of halogens is 2. The van der Waals surface area contributed by atoms with Crippen LogP contribution >= 0.6 is 23.2 Å². The predicted octanol–water partition coefficient (Wildman–Crippen LogP) is 4.09. The Bertz CT molecular complexity index is 459. The number of rotatable bonds is 4. The highest BCUT2D eigenvalue weighted by Gasteiger charge is 2.42. The summed E-state index contributed by atoms with van der Waals surface area (Å²) in [6.07, 6.45) is 4.26. The molecule has 2 rings (SSSR count). The molecule has 1 fully saturated rings. The van der Waals surface area contributed by atoms with Crippen LogP contribution in [0.5, 0.6) is 0 Å². The summed E-state index contributed by atoms with van der Waals surface area (Å²) in [6.45, 7) is 2.28. The second-order valence-corrected chi connectivity index (χ2v) is 6.54. The van der Waals surface area contributed by atoms with Gasteiger partial charge in [0.15, 0.2) is 0 Å². The van der Waals surface area contributed by atoms with Crippen molar-refractivity contribution in [3.8, 4) is 0 Å². The van der Waals surface area contributed by atoms with E-state index in [0.29, 0.717) is 10.0 Å². The molecule has 0 aliphatic heterocycles. The van der Waals surface area contributed by atoms with Crippen LogP contribution in [0.2, 0.25) is 10.0 Å². The molecule has 1 aliphatic carbocycles. The summed E-state index contributed by atoms with van der Waals surface area (Å²) < 4.78 is 5.89. The van der Waals surface area contributed by atoms with E-state index in [1.54, 1.807) is 13.2 Å². The molecule has 1 aliphatic rings. The Balaban J connectivity index is 2.31. The van der Waals surface area contributed by atoms with Gasteiger partial charge in [0.05, 0.1) is 21.7 Å². The summed E-state index contributed by atoms with van der Waals surface area (Å²) in [5.74, 6) is 6.55. The van der Waals surface area contributed by atoms with Crippen LogP contribution in [0.1, 0.15) is 44.2 Å². The Hall–Kier alpha value is -0.320. The van der Waals surface area contributed by atoms with E-state index >= 15 is 0 Å². The molecule has 0 aromatic heterocycles. The third-order valence-corrected chi connectivity index (χ3v) is 5.24. The van der Waals surface area contributed by atoms with Crippen molar-refractivity contribution >= 4 is 23.2 Å². The molecule has 1 unspecified atom stereocenters. The second kappa shape index (κ2) is 6.63. The van der Waals surface area contributed by atoms with Crippen LogP contribution in [0, 0.1) is 5.92 Å². The lowest BCUT2D eigenvalue weighted by molar-refractivity contribution is -0.0761. The molecule has 0 radical (unpaired) electrons. The quantitative estimate of drug-likeness (QED) is 0.649. The van der Waals surface area contributed by atoms with E-state index < -0.39 is 0 Å². The van der Waals surface area contributed by atoms with E-state index in [9.17, 15) is 0 Å². The van der Waals surface area contributed by atoms with Gasteiger partial charge in [-0.3, -0.25) is 11.3 Å². The number of ether oxygens (including phenoxy) is 1. The van der Waals surface area contributed by atoms with Gasteiger partial charge < -0.3 is 4.74 Å². The first-order valence-corrected chi connectivity index (χ1v) is 7.74. The number of hydrazine groups is 1. The number of methoxy groups -OCH3 is 1. The molecular formula is C15H22Cl2N2O. The lowest BCUT2D eigenvalue weighted by Crippen LogP contribution is -2.49. The van der Waals surface area contributed by atoms with Crippen LogP contribution in [0.15, 0.2) is 18.2 Å². The maximum Gasteiger partial charge on any atom is 0.0885 e. The molecule has 1 aromatic carbocycles. The van der Waals surface area contributed by atoms with E-state index in [2.05, 4.69) is 12.3 Å². The van der Waals surface area contributed by atoms with E-state index in [-0.39, 0.29) is 11.6 Å². The van der Waals surface area contributed by atoms with Crippen LogP contribution in [0.4, 0.5) is 0 Å². The number of hydrogen-bond acceptors (Lipinski definition) is 3. The largest absolute Gasteiger partial charge is 0.376 e. The van der Waals surface area contributed by atoms with Gasteiger partial charge >= 0.3 is 0 Å². The minimum Gasteiger partial charge on any atom is -0.376 e. The highest BCUT2D eigenvalue weighted by molar-refractivity contribution is 6.42. The van der Waals surface area contributed by atoms with Crippen molar-refractivity contribution in [3.05, 3.63) is 33.8 Å². The summed E-state index contributed by atoms with van der Waals surface area (Å²) in [4.78, 5) is 0. The summed E-state index contributed by atoms with van der Waals surface area (Å²) in [6, 6.07) is 5.54. The van der Waals surface area contributed by atoms with E-state index in [4.69, 9.17) is 33.8 Å². The first-order valence-electron chi connectivity index (χ1n) is 6.98. The summed E-state index contributed by atoms with van der Waals surface area (Å²) in [5.41, 5.74) is 3.65. The highest BCUT2D eigenvalue weighted by Crippen LogP contribution is 2.43. The Labute approximate surface area is 130 Å². The van der Waals surface area contributed by atoms with Crippen LogP contribution in [0.25, 0.3) is 0 Å². The molecule has 1 aromatic rings. The standard InChI is InChI=1S/C15H22Cl2N2O/c1-10-5-7-15(20-2,8-6-10)14(19-18)11-3-4-12(16)13(17)9-11/h3-4,9-10,14,19H,5-8,18H2,1-2H3. The summed E-state index contributed by atoms with van der Waals surface area (Å²) in [7, 11) is 1.76. The monoisotopic (exact) mass is 316 g/mol. The van der Waals surface area contributed by atoms with Crippen molar-refractivity contribution in [2.24, 2.45) is 11.8 Å². The average molecular weight is 317 g/mol. The molecule has 0 saturated heterocycles. The molecule has 0 heterocycles. The molecule has 3 N–H and O–H groups in total. The fourth-order valence-electron chi connectivity index (χ4n) is 3.11. The van der Waals surface area contributed by atoms with Crippen molar-refractivity contribution in [1.82, 2.24) is 5.43 Å². The number of hydrogen-bond donors (Lipinski definition) is 2. The van der Waals surface area contributed by atoms with Crippen LogP contribution in [0.3, 0.4) is 0 Å². The zero-order valence-electron chi connectivity index (χ0n) is 12.0. The Kier molecular flexibility index (Phi) is 5.32. The van der Waals surface area contributed by atoms with Gasteiger partial charge in [-0.25, -0.2) is 0 Å². The van der Waals surface area contributed by atoms with Crippen molar-refractivity contribution < 1.29 is 4.74 Å². The molecule has 1 atom stereocenters. The fraction of sp³-hybridized carbons (Fsp3) is 0.600. The number of nitrogens with two attached hydrogens (primary N) is 1. The molecule has 5 heteroatoms. The van der Waals surface area contributed by atoms with Crippen LogP contribution in [-0.2, 0) is 4.74 Å². The van der Waals surface area contributed by atoms with Gasteiger partial charge in [0.2, 0.25) is 0 Å². The lowest BCUT2D eigenvalue weighted by Gasteiger charge is -2.44. The Morgan fingerprint density at radius 1 is 1.30 bits per heavy atom. The molecule has 1 saturated carbocycles. The van der Waals surface area contributed by atoms with Crippen molar-refractivity contribution in [1.29, 1.82) is 0 Å². The third kappa shape index (κ3) is 3.12. The van der Waals surface area contributed by atoms with Gasteiger partial charge in [0.25, 0.3) is 0 Å². The first kappa shape index (κ1) is 16.1. The van der Waals surface area contributed by atoms with E-state index in [1.165, 1.54) is 0 Å². The molecular weight excluding hydrogens is 295 g/mol. The molecule has 0 amide bonds. The Morgan fingerprint density at radius 3 is 2.45 bits per heavy atom. The minimum absolute atomic E-state index is 0.0882. The van der Waals surface area contributed by atoms with Gasteiger partial charge in [-0.1, -0.05) is 36.2 Å². The second-order valence-electron chi connectivity index (χ2n) is 5.72. The van der Waals surface area contributed by atoms with Crippen molar-refractivity contribution in [2.75, 3.05) is 7.11 Å². The van der Waals surface area contributed by atoms with Gasteiger partial charge in [0.1, 0.15) is 0 Å². The number of benzene rings is 1. The lowest BCUT2D eigenvalue weighted by atomic mass is 9.73. The van der Waals surface area contributed by atoms with Gasteiger partial charge in [0, 0.05) is 7.11 Å². The smallest absolute Gasteiger partial charge is 0.0885 e. The highest BCUT2D eigenvalue weighted by atomic mass is 35.5. The fourth-order valence-corrected chi connectivity index (χ4v) is 3.41. The molecule has 0 bridgehead atoms. The maximum absolute atomic E-state index is 6.12. The maximum atomic E-state index is 6.12. The molecule has 0 spiro atoms. The Morgan fingerprint density at radius 2 is 1.95 bits per heavy atom. The topological polar surface area (TPSA) is 47.3 Å². The average Bonchev–Trinajstić information content (AvgIpc) is 2.46. The number of nitrogens with one attached hydrogen (secondary N) is 1. The zero-order valence-corrected chi connectivity index (χ0v) is 13.5. The summed E-state index contributed by atoms with van der Waals surface area (Å²) >= 11 is 12.1. The molecule has 112 valence electrons. The van der Waals surface area contributed by atoms with Crippen LogP contribution < -0.4 is 11.3 Å². The van der Waals surface area contributed by atoms with Gasteiger partial charge in [-0.05, 0) is 49.3 Å². The first-order chi connectivity index (χ1) is 9.52. The van der Waals surface area contributed by atoms with Crippen molar-refractivity contribution in [3.63, 3.8) is 0 Å². The van der Waals surface area contributed by atoms with Gasteiger partial charge in [-0.15, -0.1) is 0 Å². The molecule has 20 heavy (non-hydrogen) atoms. The SMILES string of the molecule is COC1(C(NN)c2ccc(Cl)c(Cl)c2)CCC(C)CC1. The normalized spacial score (nSPS) is 28.4. The molecule has 3 nitrogen and oxygen atoms in total. The predicted molar refractivity (Wildman–Crippen MR) is 83.9 cm³/mol.